The number of esters is 1. The zero-order chi connectivity index (χ0) is 24.7. The van der Waals surface area contributed by atoms with E-state index in [1.165, 1.54) is 38.7 Å². The van der Waals surface area contributed by atoms with E-state index in [9.17, 15) is 14.4 Å². The van der Waals surface area contributed by atoms with Gasteiger partial charge in [-0.1, -0.05) is 0 Å². The molecule has 0 aliphatic rings. The molecule has 1 heterocycles. The summed E-state index contributed by atoms with van der Waals surface area (Å²) in [7, 11) is 6.64. The molecule has 0 saturated carbocycles. The van der Waals surface area contributed by atoms with E-state index >= 15 is 0 Å². The van der Waals surface area contributed by atoms with Gasteiger partial charge in [0.05, 0.1) is 31.7 Å². The molecule has 0 radical (unpaired) electrons. The zero-order valence-corrected chi connectivity index (χ0v) is 19.2. The Bertz CT molecular complexity index is 1160. The predicted octanol–water partition coefficient (Wildman–Crippen LogP) is 3.41. The molecule has 34 heavy (non-hydrogen) atoms. The van der Waals surface area contributed by atoms with Gasteiger partial charge in [0.15, 0.2) is 23.9 Å². The first-order valence-corrected chi connectivity index (χ1v) is 10.2. The van der Waals surface area contributed by atoms with Crippen LogP contribution in [0.4, 0.5) is 17.1 Å². The summed E-state index contributed by atoms with van der Waals surface area (Å²) in [4.78, 5) is 39.5. The van der Waals surface area contributed by atoms with Crippen molar-refractivity contribution < 1.29 is 33.0 Å². The van der Waals surface area contributed by atoms with Crippen molar-refractivity contribution in [2.45, 2.75) is 0 Å². The lowest BCUT2D eigenvalue weighted by molar-refractivity contribution is -0.119. The minimum absolute atomic E-state index is 0.0271. The van der Waals surface area contributed by atoms with Gasteiger partial charge >= 0.3 is 5.97 Å². The molecular formula is C24H25N3O7. The van der Waals surface area contributed by atoms with Gasteiger partial charge in [0.25, 0.3) is 11.8 Å². The second-order valence-electron chi connectivity index (χ2n) is 7.25. The molecule has 3 aromatic rings. The fraction of sp³-hybridized carbons (Fsp3) is 0.208. The third-order valence-corrected chi connectivity index (χ3v) is 4.74. The van der Waals surface area contributed by atoms with Crippen LogP contribution >= 0.6 is 0 Å². The maximum Gasteiger partial charge on any atom is 0.340 e. The Balaban J connectivity index is 1.72. The second kappa shape index (κ2) is 10.9. The molecule has 2 amide bonds. The SMILES string of the molecule is COc1cc(NC(=O)c2ccco2)c(C(=O)OCC(=O)Nc2ccc(N(C)C)cc2)cc1OC. The summed E-state index contributed by atoms with van der Waals surface area (Å²) in [5.74, 6) is -1.36. The molecule has 10 nitrogen and oxygen atoms in total. The number of anilines is 3. The fourth-order valence-electron chi connectivity index (χ4n) is 2.99. The van der Waals surface area contributed by atoms with Gasteiger partial charge in [0.1, 0.15) is 0 Å². The molecule has 0 bridgehead atoms. The van der Waals surface area contributed by atoms with E-state index < -0.39 is 24.4 Å². The number of nitrogens with one attached hydrogen (secondary N) is 2. The highest BCUT2D eigenvalue weighted by atomic mass is 16.5. The quantitative estimate of drug-likeness (QED) is 0.460. The van der Waals surface area contributed by atoms with Crippen molar-refractivity contribution in [1.82, 2.24) is 0 Å². The van der Waals surface area contributed by atoms with Gasteiger partial charge in [-0.2, -0.15) is 0 Å². The standard InChI is InChI=1S/C24H25N3O7/c1-27(2)16-9-7-15(8-10-16)25-22(28)14-34-24(30)17-12-20(31-3)21(32-4)13-18(17)26-23(29)19-6-5-11-33-19/h5-13H,14H2,1-4H3,(H,25,28)(H,26,29). The third-order valence-electron chi connectivity index (χ3n) is 4.74. The molecule has 0 saturated heterocycles. The van der Waals surface area contributed by atoms with E-state index in [4.69, 9.17) is 18.6 Å². The molecule has 0 unspecified atom stereocenters. The van der Waals surface area contributed by atoms with Crippen molar-refractivity contribution >= 4 is 34.8 Å². The molecular weight excluding hydrogens is 442 g/mol. The number of ether oxygens (including phenoxy) is 3. The summed E-state index contributed by atoms with van der Waals surface area (Å²) in [6.07, 6.45) is 1.35. The minimum atomic E-state index is -0.839. The normalized spacial score (nSPS) is 10.2. The number of furan rings is 1. The van der Waals surface area contributed by atoms with Crippen LogP contribution in [0, 0.1) is 0 Å². The number of hydrogen-bond acceptors (Lipinski definition) is 8. The predicted molar refractivity (Wildman–Crippen MR) is 126 cm³/mol. The smallest absolute Gasteiger partial charge is 0.340 e. The first-order chi connectivity index (χ1) is 16.3. The van der Waals surface area contributed by atoms with Crippen LogP contribution in [-0.4, -0.2) is 52.7 Å². The average molecular weight is 467 g/mol. The number of carbonyl (C=O) groups is 3. The van der Waals surface area contributed by atoms with Gasteiger partial charge in [-0.25, -0.2) is 4.79 Å². The van der Waals surface area contributed by atoms with Crippen molar-refractivity contribution in [3.63, 3.8) is 0 Å². The van der Waals surface area contributed by atoms with Crippen molar-refractivity contribution in [2.75, 3.05) is 50.5 Å². The summed E-state index contributed by atoms with van der Waals surface area (Å²) in [6.45, 7) is -0.534. The topological polar surface area (TPSA) is 119 Å². The van der Waals surface area contributed by atoms with Gasteiger partial charge in [0, 0.05) is 37.6 Å². The monoisotopic (exact) mass is 467 g/mol. The Morgan fingerprint density at radius 3 is 2.21 bits per heavy atom. The van der Waals surface area contributed by atoms with Crippen LogP contribution in [-0.2, 0) is 9.53 Å². The van der Waals surface area contributed by atoms with Crippen molar-refractivity contribution in [2.24, 2.45) is 0 Å². The highest BCUT2D eigenvalue weighted by molar-refractivity contribution is 6.07. The van der Waals surface area contributed by atoms with Gasteiger partial charge < -0.3 is 34.2 Å². The van der Waals surface area contributed by atoms with Crippen LogP contribution in [0.1, 0.15) is 20.9 Å². The Morgan fingerprint density at radius 1 is 0.941 bits per heavy atom. The highest BCUT2D eigenvalue weighted by Crippen LogP contribution is 2.34. The summed E-state index contributed by atoms with van der Waals surface area (Å²) in [6, 6.07) is 13.0. The van der Waals surface area contributed by atoms with Crippen LogP contribution in [0.3, 0.4) is 0 Å². The first kappa shape index (κ1) is 24.2. The average Bonchev–Trinajstić information content (AvgIpc) is 3.38. The molecule has 2 N–H and O–H groups in total. The first-order valence-electron chi connectivity index (χ1n) is 10.2. The lowest BCUT2D eigenvalue weighted by Crippen LogP contribution is -2.22. The largest absolute Gasteiger partial charge is 0.493 e. The van der Waals surface area contributed by atoms with E-state index in [1.807, 2.05) is 31.1 Å². The van der Waals surface area contributed by atoms with Gasteiger partial charge in [0.2, 0.25) is 0 Å². The maximum absolute atomic E-state index is 12.8. The van der Waals surface area contributed by atoms with Crippen LogP contribution in [0.5, 0.6) is 11.5 Å². The number of methoxy groups -OCH3 is 2. The molecule has 2 aromatic carbocycles. The van der Waals surface area contributed by atoms with E-state index in [0.29, 0.717) is 5.69 Å². The lowest BCUT2D eigenvalue weighted by Gasteiger charge is -2.15. The van der Waals surface area contributed by atoms with Crippen molar-refractivity contribution in [1.29, 1.82) is 0 Å². The molecule has 0 fully saturated rings. The van der Waals surface area contributed by atoms with Crippen LogP contribution in [0.25, 0.3) is 0 Å². The van der Waals surface area contributed by atoms with E-state index in [1.54, 1.807) is 18.2 Å². The van der Waals surface area contributed by atoms with Gasteiger partial charge in [-0.15, -0.1) is 0 Å². The van der Waals surface area contributed by atoms with Crippen LogP contribution < -0.4 is 25.0 Å². The summed E-state index contributed by atoms with van der Waals surface area (Å²) in [5, 5.41) is 5.25. The second-order valence-corrected chi connectivity index (χ2v) is 7.25. The zero-order valence-electron chi connectivity index (χ0n) is 19.2. The summed E-state index contributed by atoms with van der Waals surface area (Å²) in [5.41, 5.74) is 1.61. The van der Waals surface area contributed by atoms with Crippen molar-refractivity contribution in [3.05, 3.63) is 66.1 Å². The van der Waals surface area contributed by atoms with E-state index in [-0.39, 0.29) is 28.5 Å². The number of hydrogen-bond donors (Lipinski definition) is 2. The molecule has 178 valence electrons. The molecule has 0 spiro atoms. The van der Waals surface area contributed by atoms with Crippen LogP contribution in [0.2, 0.25) is 0 Å². The highest BCUT2D eigenvalue weighted by Gasteiger charge is 2.22. The Labute approximate surface area is 196 Å². The third kappa shape index (κ3) is 5.85. The van der Waals surface area contributed by atoms with Gasteiger partial charge in [-0.05, 0) is 36.4 Å². The maximum atomic E-state index is 12.8. The number of benzene rings is 2. The lowest BCUT2D eigenvalue weighted by atomic mass is 10.1. The van der Waals surface area contributed by atoms with Crippen molar-refractivity contribution in [3.8, 4) is 11.5 Å². The summed E-state index contributed by atoms with van der Waals surface area (Å²) < 4.78 is 20.8. The Hall–Kier alpha value is -4.47. The van der Waals surface area contributed by atoms with Gasteiger partial charge in [-0.3, -0.25) is 9.59 Å². The Kier molecular flexibility index (Phi) is 7.75. The molecule has 0 aliphatic carbocycles. The molecule has 3 rings (SSSR count). The minimum Gasteiger partial charge on any atom is -0.493 e. The van der Waals surface area contributed by atoms with E-state index in [2.05, 4.69) is 10.6 Å². The summed E-state index contributed by atoms with van der Waals surface area (Å²) >= 11 is 0. The number of rotatable bonds is 9. The van der Waals surface area contributed by atoms with Crippen LogP contribution in [0.15, 0.2) is 59.2 Å². The number of carbonyl (C=O) groups excluding carboxylic acids is 3. The van der Waals surface area contributed by atoms with E-state index in [0.717, 1.165) is 5.69 Å². The fourth-order valence-corrected chi connectivity index (χ4v) is 2.99. The molecule has 0 atom stereocenters. The molecule has 1 aromatic heterocycles. The molecule has 10 heteroatoms. The molecule has 0 aliphatic heterocycles. The number of nitrogens with zero attached hydrogens (tertiary/aromatic N) is 1. The Morgan fingerprint density at radius 2 is 1.62 bits per heavy atom. The number of amides is 2.